The number of nitrogens with two attached hydrogens (primary N) is 1. The molecule has 0 spiro atoms. The van der Waals surface area contributed by atoms with Crippen LogP contribution in [0.1, 0.15) is 5.56 Å². The van der Waals surface area contributed by atoms with Crippen LogP contribution in [0.5, 0.6) is 0 Å². The van der Waals surface area contributed by atoms with E-state index < -0.39 is 0 Å². The smallest absolute Gasteiger partial charge is 0.265 e. The fourth-order valence-electron chi connectivity index (χ4n) is 1.59. The maximum absolute atomic E-state index is 12.0. The third-order valence-corrected chi connectivity index (χ3v) is 3.85. The van der Waals surface area contributed by atoms with E-state index in [1.54, 1.807) is 35.0 Å². The lowest BCUT2D eigenvalue weighted by Crippen LogP contribution is -2.21. The largest absolute Gasteiger partial charge is 0.398 e. The maximum atomic E-state index is 12.0. The van der Waals surface area contributed by atoms with E-state index in [0.717, 1.165) is 10.0 Å². The van der Waals surface area contributed by atoms with Gasteiger partial charge in [0.25, 0.3) is 5.56 Å². The number of aromatic nitrogens is 1. The van der Waals surface area contributed by atoms with Crippen molar-refractivity contribution in [3.8, 4) is 0 Å². The van der Waals surface area contributed by atoms with E-state index in [4.69, 9.17) is 17.3 Å². The molecule has 3 nitrogen and oxygen atoms in total. The zero-order valence-corrected chi connectivity index (χ0v) is 13.1. The second kappa shape index (κ2) is 5.47. The highest BCUT2D eigenvalue weighted by Crippen LogP contribution is 2.23. The average Bonchev–Trinajstić information content (AvgIpc) is 2.30. The van der Waals surface area contributed by atoms with Gasteiger partial charge in [-0.2, -0.15) is 0 Å². The first-order valence-corrected chi connectivity index (χ1v) is 7.04. The number of hydrogen-bond donors (Lipinski definition) is 1. The molecule has 0 atom stereocenters. The second-order valence-electron chi connectivity index (χ2n) is 3.75. The predicted octanol–water partition coefficient (Wildman–Crippen LogP) is 3.66. The Morgan fingerprint density at radius 3 is 2.72 bits per heavy atom. The van der Waals surface area contributed by atoms with E-state index in [0.29, 0.717) is 21.7 Å². The van der Waals surface area contributed by atoms with Crippen molar-refractivity contribution in [2.75, 3.05) is 5.73 Å². The number of nitrogens with zero attached hydrogens (tertiary/aromatic N) is 1. The molecule has 0 fully saturated rings. The molecule has 1 aromatic heterocycles. The zero-order valence-electron chi connectivity index (χ0n) is 9.16. The highest BCUT2D eigenvalue weighted by Gasteiger charge is 2.08. The Kier molecular flexibility index (Phi) is 4.14. The molecule has 0 saturated carbocycles. The molecule has 0 aliphatic carbocycles. The molecule has 0 unspecified atom stereocenters. The summed E-state index contributed by atoms with van der Waals surface area (Å²) in [6.07, 6.45) is 1.70. The Labute approximate surface area is 126 Å². The number of nitrogen functional groups attached to an aromatic ring is 1. The molecule has 1 heterocycles. The van der Waals surface area contributed by atoms with Crippen molar-refractivity contribution < 1.29 is 0 Å². The Morgan fingerprint density at radius 2 is 2.06 bits per heavy atom. The van der Waals surface area contributed by atoms with Gasteiger partial charge in [0.15, 0.2) is 0 Å². The summed E-state index contributed by atoms with van der Waals surface area (Å²) in [5.74, 6) is 0. The molecule has 0 radical (unpaired) electrons. The minimum atomic E-state index is -0.127. The molecule has 2 N–H and O–H groups in total. The van der Waals surface area contributed by atoms with Gasteiger partial charge in [-0.25, -0.2) is 0 Å². The van der Waals surface area contributed by atoms with E-state index in [2.05, 4.69) is 31.9 Å². The van der Waals surface area contributed by atoms with Gasteiger partial charge < -0.3 is 10.3 Å². The summed E-state index contributed by atoms with van der Waals surface area (Å²) in [4.78, 5) is 12.0. The third-order valence-electron chi connectivity index (χ3n) is 2.49. The van der Waals surface area contributed by atoms with Gasteiger partial charge in [0.1, 0.15) is 0 Å². The summed E-state index contributed by atoms with van der Waals surface area (Å²) >= 11 is 12.7. The van der Waals surface area contributed by atoms with Crippen molar-refractivity contribution in [1.82, 2.24) is 4.57 Å². The molecule has 0 aliphatic heterocycles. The summed E-state index contributed by atoms with van der Waals surface area (Å²) in [6.45, 7) is 0.336. The minimum Gasteiger partial charge on any atom is -0.398 e. The Morgan fingerprint density at radius 1 is 1.33 bits per heavy atom. The van der Waals surface area contributed by atoms with E-state index in [1.807, 2.05) is 0 Å². The van der Waals surface area contributed by atoms with Crippen LogP contribution in [0.3, 0.4) is 0 Å². The molecule has 1 aromatic carbocycles. The molecule has 0 saturated heterocycles. The molecule has 0 amide bonds. The number of anilines is 1. The third kappa shape index (κ3) is 2.79. The molecule has 18 heavy (non-hydrogen) atoms. The molecule has 6 heteroatoms. The van der Waals surface area contributed by atoms with E-state index in [-0.39, 0.29) is 5.56 Å². The molecular formula is C12H9Br2ClN2O. The quantitative estimate of drug-likeness (QED) is 0.793. The van der Waals surface area contributed by atoms with Gasteiger partial charge in [0.2, 0.25) is 0 Å². The van der Waals surface area contributed by atoms with Gasteiger partial charge in [-0.15, -0.1) is 0 Å². The lowest BCUT2D eigenvalue weighted by molar-refractivity contribution is 0.753. The van der Waals surface area contributed by atoms with Crippen molar-refractivity contribution in [3.63, 3.8) is 0 Å². The SMILES string of the molecule is Nc1cccc(Cl)c1Cn1cc(Br)cc(Br)c1=O. The van der Waals surface area contributed by atoms with Crippen LogP contribution in [0.25, 0.3) is 0 Å². The molecule has 2 rings (SSSR count). The normalized spacial score (nSPS) is 10.6. The van der Waals surface area contributed by atoms with Crippen LogP contribution in [-0.4, -0.2) is 4.57 Å². The minimum absolute atomic E-state index is 0.127. The van der Waals surface area contributed by atoms with E-state index >= 15 is 0 Å². The number of rotatable bonds is 2. The Balaban J connectivity index is 2.50. The standard InChI is InChI=1S/C12H9Br2ClN2O/c13-7-4-9(14)12(18)17(5-7)6-8-10(15)2-1-3-11(8)16/h1-5H,6,16H2. The first-order valence-electron chi connectivity index (χ1n) is 5.07. The van der Waals surface area contributed by atoms with E-state index in [1.165, 1.54) is 0 Å². The van der Waals surface area contributed by atoms with Crippen molar-refractivity contribution in [1.29, 1.82) is 0 Å². The van der Waals surface area contributed by atoms with E-state index in [9.17, 15) is 4.79 Å². The number of pyridine rings is 1. The summed E-state index contributed by atoms with van der Waals surface area (Å²) in [6, 6.07) is 7.00. The monoisotopic (exact) mass is 390 g/mol. The van der Waals surface area contributed by atoms with Gasteiger partial charge in [0.05, 0.1) is 11.0 Å². The van der Waals surface area contributed by atoms with Crippen molar-refractivity contribution in [2.45, 2.75) is 6.54 Å². The van der Waals surface area contributed by atoms with Crippen LogP contribution in [0.15, 0.2) is 44.2 Å². The Bertz CT molecular complexity index is 635. The zero-order chi connectivity index (χ0) is 13.3. The molecule has 0 bridgehead atoms. The van der Waals surface area contributed by atoms with Gasteiger partial charge in [-0.3, -0.25) is 4.79 Å². The summed E-state index contributed by atoms with van der Waals surface area (Å²) in [5.41, 5.74) is 7.06. The van der Waals surface area contributed by atoms with Crippen LogP contribution < -0.4 is 11.3 Å². The van der Waals surface area contributed by atoms with Gasteiger partial charge >= 0.3 is 0 Å². The van der Waals surface area contributed by atoms with Crippen LogP contribution in [0.2, 0.25) is 5.02 Å². The molecule has 94 valence electrons. The van der Waals surface area contributed by atoms with Crippen LogP contribution in [-0.2, 0) is 6.54 Å². The number of halogens is 3. The van der Waals surface area contributed by atoms with Crippen molar-refractivity contribution in [3.05, 3.63) is 60.3 Å². The lowest BCUT2D eigenvalue weighted by atomic mass is 10.2. The summed E-state index contributed by atoms with van der Waals surface area (Å²) in [7, 11) is 0. The first-order chi connectivity index (χ1) is 8.49. The Hall–Kier alpha value is -0.780. The van der Waals surface area contributed by atoms with Gasteiger partial charge in [0, 0.05) is 26.9 Å². The molecule has 2 aromatic rings. The molecule has 0 aliphatic rings. The fourth-order valence-corrected chi connectivity index (χ4v) is 3.09. The predicted molar refractivity (Wildman–Crippen MR) is 81.1 cm³/mol. The first kappa shape index (κ1) is 13.6. The van der Waals surface area contributed by atoms with Crippen LogP contribution in [0.4, 0.5) is 5.69 Å². The van der Waals surface area contributed by atoms with Crippen LogP contribution in [0, 0.1) is 0 Å². The van der Waals surface area contributed by atoms with Crippen molar-refractivity contribution >= 4 is 49.1 Å². The number of hydrogen-bond acceptors (Lipinski definition) is 2. The lowest BCUT2D eigenvalue weighted by Gasteiger charge is -2.11. The number of benzene rings is 1. The maximum Gasteiger partial charge on any atom is 0.265 e. The highest BCUT2D eigenvalue weighted by atomic mass is 79.9. The van der Waals surface area contributed by atoms with Gasteiger partial charge in [-0.1, -0.05) is 17.7 Å². The average molecular weight is 392 g/mol. The second-order valence-corrected chi connectivity index (χ2v) is 5.92. The van der Waals surface area contributed by atoms with Crippen molar-refractivity contribution in [2.24, 2.45) is 0 Å². The molecular weight excluding hydrogens is 383 g/mol. The summed E-state index contributed by atoms with van der Waals surface area (Å²) in [5, 5.41) is 0.554. The summed E-state index contributed by atoms with van der Waals surface area (Å²) < 4.78 is 2.84. The topological polar surface area (TPSA) is 48.0 Å². The van der Waals surface area contributed by atoms with Crippen LogP contribution >= 0.6 is 43.5 Å². The highest BCUT2D eigenvalue weighted by molar-refractivity contribution is 9.11. The van der Waals surface area contributed by atoms with Gasteiger partial charge in [-0.05, 0) is 50.1 Å². The fraction of sp³-hybridized carbons (Fsp3) is 0.0833.